The molecule has 1 aromatic carbocycles. The first-order valence-electron chi connectivity index (χ1n) is 13.0. The minimum atomic E-state index is -0.858. The monoisotopic (exact) mass is 505 g/mol. The highest BCUT2D eigenvalue weighted by molar-refractivity contribution is 5.92. The number of ether oxygens (including phenoxy) is 1. The van der Waals surface area contributed by atoms with Crippen molar-refractivity contribution >= 4 is 24.2 Å². The second-order valence-electron chi connectivity index (χ2n) is 9.96. The number of hydrogen-bond acceptors (Lipinski definition) is 5. The van der Waals surface area contributed by atoms with Gasteiger partial charge in [0.1, 0.15) is 25.0 Å². The summed E-state index contributed by atoms with van der Waals surface area (Å²) in [7, 11) is 0. The van der Waals surface area contributed by atoms with Crippen molar-refractivity contribution in [3.63, 3.8) is 0 Å². The SMILES string of the molecule is CC.CC(C)C[C@@H](C=O)NC(=O)[C@H](CC(C)C)NC(=O)[C@H](CC(C)C)NC(=O)OCc1ccccc1. The van der Waals surface area contributed by atoms with Crippen LogP contribution in [0.2, 0.25) is 0 Å². The van der Waals surface area contributed by atoms with Gasteiger partial charge in [0.05, 0.1) is 6.04 Å². The Balaban J connectivity index is 0.00000596. The van der Waals surface area contributed by atoms with Crippen LogP contribution >= 0.6 is 0 Å². The van der Waals surface area contributed by atoms with Crippen molar-refractivity contribution in [3.05, 3.63) is 35.9 Å². The van der Waals surface area contributed by atoms with Crippen LogP contribution in [-0.2, 0) is 25.7 Å². The normalized spacial score (nSPS) is 13.2. The van der Waals surface area contributed by atoms with Gasteiger partial charge in [-0.25, -0.2) is 4.79 Å². The van der Waals surface area contributed by atoms with Crippen LogP contribution in [0.15, 0.2) is 30.3 Å². The lowest BCUT2D eigenvalue weighted by molar-refractivity contribution is -0.131. The summed E-state index contributed by atoms with van der Waals surface area (Å²) in [5.41, 5.74) is 0.835. The van der Waals surface area contributed by atoms with E-state index in [0.29, 0.717) is 19.3 Å². The Morgan fingerprint density at radius 2 is 1.22 bits per heavy atom. The van der Waals surface area contributed by atoms with Gasteiger partial charge in [-0.3, -0.25) is 9.59 Å². The van der Waals surface area contributed by atoms with Crippen LogP contribution < -0.4 is 16.0 Å². The molecule has 1 aromatic rings. The zero-order valence-corrected chi connectivity index (χ0v) is 23.3. The Kier molecular flexibility index (Phi) is 16.9. The Bertz CT molecular complexity index is 781. The molecule has 0 fully saturated rings. The average Bonchev–Trinajstić information content (AvgIpc) is 2.82. The molecule has 0 aromatic heterocycles. The van der Waals surface area contributed by atoms with Crippen molar-refractivity contribution in [2.45, 2.75) is 99.4 Å². The number of nitrogens with one attached hydrogen (secondary N) is 3. The third-order valence-electron chi connectivity index (χ3n) is 5.09. The third-order valence-corrected chi connectivity index (χ3v) is 5.09. The average molecular weight is 506 g/mol. The van der Waals surface area contributed by atoms with Gasteiger partial charge in [0.15, 0.2) is 0 Å². The number of carbonyl (C=O) groups excluding carboxylic acids is 4. The minimum Gasteiger partial charge on any atom is -0.445 e. The summed E-state index contributed by atoms with van der Waals surface area (Å²) in [5, 5.41) is 8.15. The molecule has 36 heavy (non-hydrogen) atoms. The van der Waals surface area contributed by atoms with Crippen LogP contribution in [0.25, 0.3) is 0 Å². The molecule has 3 N–H and O–H groups in total. The third kappa shape index (κ3) is 14.5. The molecule has 0 unspecified atom stereocenters. The summed E-state index contributed by atoms with van der Waals surface area (Å²) < 4.78 is 5.26. The molecule has 8 heteroatoms. The molecule has 0 heterocycles. The predicted octanol–water partition coefficient (Wildman–Crippen LogP) is 4.61. The molecule has 0 bridgehead atoms. The highest BCUT2D eigenvalue weighted by Gasteiger charge is 2.29. The fourth-order valence-corrected chi connectivity index (χ4v) is 3.52. The smallest absolute Gasteiger partial charge is 0.408 e. The fourth-order valence-electron chi connectivity index (χ4n) is 3.52. The lowest BCUT2D eigenvalue weighted by Crippen LogP contribution is -2.55. The molecule has 0 aliphatic rings. The Morgan fingerprint density at radius 1 is 0.750 bits per heavy atom. The lowest BCUT2D eigenvalue weighted by Gasteiger charge is -2.26. The van der Waals surface area contributed by atoms with Crippen LogP contribution in [-0.4, -0.2) is 42.3 Å². The van der Waals surface area contributed by atoms with E-state index >= 15 is 0 Å². The van der Waals surface area contributed by atoms with E-state index in [9.17, 15) is 19.2 Å². The van der Waals surface area contributed by atoms with Gasteiger partial charge in [-0.2, -0.15) is 0 Å². The van der Waals surface area contributed by atoms with Gasteiger partial charge in [-0.15, -0.1) is 0 Å². The Hall–Kier alpha value is -2.90. The number of benzene rings is 1. The number of amides is 3. The molecule has 0 aliphatic carbocycles. The van der Waals surface area contributed by atoms with E-state index in [4.69, 9.17) is 4.74 Å². The standard InChI is InChI=1S/C26H41N3O5.C2H6/c1-17(2)12-21(15-30)27-24(31)22(13-18(3)4)28-25(32)23(14-19(5)6)29-26(33)34-16-20-10-8-7-9-11-20;1-2/h7-11,15,17-19,21-23H,12-14,16H2,1-6H3,(H,27,31)(H,28,32)(H,29,33);1-2H3/t21-,22-,23-;/m0./s1. The van der Waals surface area contributed by atoms with E-state index in [0.717, 1.165) is 11.8 Å². The topological polar surface area (TPSA) is 114 Å². The number of aldehydes is 1. The minimum absolute atomic E-state index is 0.0873. The first-order chi connectivity index (χ1) is 17.0. The van der Waals surface area contributed by atoms with E-state index in [2.05, 4.69) is 16.0 Å². The molecule has 8 nitrogen and oxygen atoms in total. The van der Waals surface area contributed by atoms with Crippen molar-refractivity contribution in [2.75, 3.05) is 0 Å². The molecule has 3 amide bonds. The molecule has 0 saturated heterocycles. The maximum Gasteiger partial charge on any atom is 0.408 e. The van der Waals surface area contributed by atoms with Crippen molar-refractivity contribution in [1.29, 1.82) is 0 Å². The summed E-state index contributed by atoms with van der Waals surface area (Å²) in [5.74, 6) is -0.390. The molecule has 3 atom stereocenters. The second kappa shape index (κ2) is 18.4. The molecule has 1 rings (SSSR count). The second-order valence-corrected chi connectivity index (χ2v) is 9.96. The number of rotatable bonds is 14. The summed E-state index contributed by atoms with van der Waals surface area (Å²) in [6, 6.07) is 6.96. The maximum atomic E-state index is 13.1. The molecular formula is C28H47N3O5. The van der Waals surface area contributed by atoms with Gasteiger partial charge in [-0.1, -0.05) is 85.7 Å². The molecule has 0 saturated carbocycles. The maximum absolute atomic E-state index is 13.1. The molecule has 0 spiro atoms. The largest absolute Gasteiger partial charge is 0.445 e. The predicted molar refractivity (Wildman–Crippen MR) is 143 cm³/mol. The van der Waals surface area contributed by atoms with Gasteiger partial charge < -0.3 is 25.5 Å². The van der Waals surface area contributed by atoms with E-state index in [-0.39, 0.29) is 24.4 Å². The Morgan fingerprint density at radius 3 is 1.69 bits per heavy atom. The van der Waals surface area contributed by atoms with E-state index in [1.807, 2.05) is 85.7 Å². The van der Waals surface area contributed by atoms with Gasteiger partial charge in [-0.05, 0) is 42.6 Å². The zero-order chi connectivity index (χ0) is 27.7. The van der Waals surface area contributed by atoms with Gasteiger partial charge in [0, 0.05) is 0 Å². The summed E-state index contributed by atoms with van der Waals surface area (Å²) in [6.07, 6.45) is 1.32. The van der Waals surface area contributed by atoms with Crippen molar-refractivity contribution in [3.8, 4) is 0 Å². The first-order valence-corrected chi connectivity index (χ1v) is 13.0. The van der Waals surface area contributed by atoms with E-state index < -0.39 is 36.0 Å². The fraction of sp³-hybridized carbons (Fsp3) is 0.643. The van der Waals surface area contributed by atoms with Crippen molar-refractivity contribution < 1.29 is 23.9 Å². The molecular weight excluding hydrogens is 458 g/mol. The molecule has 0 radical (unpaired) electrons. The van der Waals surface area contributed by atoms with Crippen molar-refractivity contribution in [1.82, 2.24) is 16.0 Å². The van der Waals surface area contributed by atoms with E-state index in [1.54, 1.807) is 0 Å². The highest BCUT2D eigenvalue weighted by atomic mass is 16.5. The summed E-state index contributed by atoms with van der Waals surface area (Å²) in [6.45, 7) is 15.8. The quantitative estimate of drug-likeness (QED) is 0.319. The van der Waals surface area contributed by atoms with Gasteiger partial charge in [0.25, 0.3) is 0 Å². The van der Waals surface area contributed by atoms with Crippen LogP contribution in [0.5, 0.6) is 0 Å². The van der Waals surface area contributed by atoms with Crippen LogP contribution in [0, 0.1) is 17.8 Å². The number of hydrogen-bond donors (Lipinski definition) is 3. The van der Waals surface area contributed by atoms with Crippen LogP contribution in [0.4, 0.5) is 4.79 Å². The van der Waals surface area contributed by atoms with Crippen molar-refractivity contribution in [2.24, 2.45) is 17.8 Å². The lowest BCUT2D eigenvalue weighted by atomic mass is 9.99. The molecule has 204 valence electrons. The highest BCUT2D eigenvalue weighted by Crippen LogP contribution is 2.11. The molecule has 0 aliphatic heterocycles. The van der Waals surface area contributed by atoms with Crippen LogP contribution in [0.1, 0.15) is 80.2 Å². The summed E-state index contributed by atoms with van der Waals surface area (Å²) >= 11 is 0. The zero-order valence-electron chi connectivity index (χ0n) is 23.3. The number of alkyl carbamates (subject to hydrolysis) is 1. The van der Waals surface area contributed by atoms with Gasteiger partial charge >= 0.3 is 6.09 Å². The summed E-state index contributed by atoms with van der Waals surface area (Å²) in [4.78, 5) is 49.7. The van der Waals surface area contributed by atoms with Crippen LogP contribution in [0.3, 0.4) is 0 Å². The van der Waals surface area contributed by atoms with E-state index in [1.165, 1.54) is 0 Å². The first kappa shape index (κ1) is 33.1. The number of carbonyl (C=O) groups is 4. The Labute approximate surface area is 217 Å². The van der Waals surface area contributed by atoms with Gasteiger partial charge in [0.2, 0.25) is 11.8 Å².